The van der Waals surface area contributed by atoms with E-state index in [9.17, 15) is 9.59 Å². The Morgan fingerprint density at radius 3 is 2.43 bits per heavy atom. The lowest BCUT2D eigenvalue weighted by Crippen LogP contribution is -2.56. The molecule has 0 saturated carbocycles. The van der Waals surface area contributed by atoms with Crippen molar-refractivity contribution in [1.82, 2.24) is 10.6 Å². The number of thiocarbonyl (C=S) groups is 1. The zero-order chi connectivity index (χ0) is 22.3. The Morgan fingerprint density at radius 1 is 1.10 bits per heavy atom. The summed E-state index contributed by atoms with van der Waals surface area (Å²) in [5.41, 5.74) is 2.01. The fourth-order valence-corrected chi connectivity index (χ4v) is 3.02. The Labute approximate surface area is 195 Å². The average molecular weight is 489 g/mol. The van der Waals surface area contributed by atoms with Gasteiger partial charge in [-0.1, -0.05) is 64.6 Å². The van der Waals surface area contributed by atoms with Gasteiger partial charge in [-0.05, 0) is 50.3 Å². The Balaban J connectivity index is 2.13. The molecule has 3 N–H and O–H groups in total. The summed E-state index contributed by atoms with van der Waals surface area (Å²) in [6.45, 7) is 3.81. The summed E-state index contributed by atoms with van der Waals surface area (Å²) in [7, 11) is 0. The minimum atomic E-state index is -1.91. The molecule has 1 amide bonds. The zero-order valence-electron chi connectivity index (χ0n) is 16.2. The van der Waals surface area contributed by atoms with Crippen LogP contribution < -0.4 is 16.0 Å². The van der Waals surface area contributed by atoms with Crippen LogP contribution >= 0.6 is 47.0 Å². The van der Waals surface area contributed by atoms with Gasteiger partial charge in [0.2, 0.25) is 3.79 Å². The monoisotopic (exact) mass is 487 g/mol. The average Bonchev–Trinajstić information content (AvgIpc) is 2.67. The van der Waals surface area contributed by atoms with E-state index in [1.54, 1.807) is 49.4 Å². The second kappa shape index (κ2) is 10.8. The number of aryl methyl sites for hydroxylation is 1. The number of hydrogen-bond donors (Lipinski definition) is 3. The number of alkyl halides is 3. The summed E-state index contributed by atoms with van der Waals surface area (Å²) < 4.78 is 3.12. The molecule has 0 radical (unpaired) electrons. The standard InChI is InChI=1S/C20H20Cl3N3O3S/c1-3-29-17(28)14-9-4-5-10-15(14)24-19(30)26-18(20(21,22)23)25-16(27)13-8-6-7-12(2)11-13/h4-11,18H,3H2,1-2H3,(H,25,27)(H2,24,26,30). The molecule has 0 aliphatic rings. The maximum absolute atomic E-state index is 12.6. The molecule has 2 aromatic carbocycles. The number of esters is 1. The predicted molar refractivity (Wildman–Crippen MR) is 124 cm³/mol. The van der Waals surface area contributed by atoms with Crippen LogP contribution in [0, 0.1) is 6.92 Å². The van der Waals surface area contributed by atoms with Crippen LogP contribution in [-0.2, 0) is 4.74 Å². The summed E-state index contributed by atoms with van der Waals surface area (Å²) in [5, 5.41) is 8.27. The van der Waals surface area contributed by atoms with Gasteiger partial charge in [-0.2, -0.15) is 0 Å². The van der Waals surface area contributed by atoms with Crippen molar-refractivity contribution in [2.45, 2.75) is 23.8 Å². The fraction of sp³-hybridized carbons (Fsp3) is 0.250. The van der Waals surface area contributed by atoms with Gasteiger partial charge < -0.3 is 20.7 Å². The van der Waals surface area contributed by atoms with Gasteiger partial charge in [0.1, 0.15) is 6.17 Å². The Hall–Kier alpha value is -2.06. The van der Waals surface area contributed by atoms with Crippen molar-refractivity contribution in [3.63, 3.8) is 0 Å². The quantitative estimate of drug-likeness (QED) is 0.239. The van der Waals surface area contributed by atoms with Crippen molar-refractivity contribution < 1.29 is 14.3 Å². The Bertz CT molecular complexity index is 935. The number of carbonyl (C=O) groups is 2. The molecule has 160 valence electrons. The molecule has 0 bridgehead atoms. The summed E-state index contributed by atoms with van der Waals surface area (Å²) in [6, 6.07) is 13.6. The van der Waals surface area contributed by atoms with E-state index < -0.39 is 21.8 Å². The van der Waals surface area contributed by atoms with Gasteiger partial charge in [0.25, 0.3) is 5.91 Å². The normalized spacial score (nSPS) is 11.9. The molecule has 0 spiro atoms. The first-order valence-corrected chi connectivity index (χ1v) is 10.4. The molecule has 0 saturated heterocycles. The third-order valence-corrected chi connectivity index (χ3v) is 4.70. The summed E-state index contributed by atoms with van der Waals surface area (Å²) in [5.74, 6) is -0.952. The summed E-state index contributed by atoms with van der Waals surface area (Å²) in [4.78, 5) is 24.7. The number of benzene rings is 2. The van der Waals surface area contributed by atoms with Gasteiger partial charge in [0.05, 0.1) is 17.9 Å². The summed E-state index contributed by atoms with van der Waals surface area (Å²) in [6.07, 6.45) is -1.15. The molecule has 30 heavy (non-hydrogen) atoms. The predicted octanol–water partition coefficient (Wildman–Crippen LogP) is 4.58. The maximum atomic E-state index is 12.6. The van der Waals surface area contributed by atoms with Crippen molar-refractivity contribution in [3.8, 4) is 0 Å². The molecule has 6 nitrogen and oxygen atoms in total. The van der Waals surface area contributed by atoms with E-state index >= 15 is 0 Å². The van der Waals surface area contributed by atoms with Crippen LogP contribution in [0.1, 0.15) is 33.2 Å². The highest BCUT2D eigenvalue weighted by atomic mass is 35.6. The topological polar surface area (TPSA) is 79.5 Å². The van der Waals surface area contributed by atoms with E-state index in [1.807, 2.05) is 13.0 Å². The molecule has 1 unspecified atom stereocenters. The molecule has 0 heterocycles. The lowest BCUT2D eigenvalue weighted by Gasteiger charge is -2.28. The smallest absolute Gasteiger partial charge is 0.340 e. The second-order valence-electron chi connectivity index (χ2n) is 6.18. The van der Waals surface area contributed by atoms with E-state index in [0.29, 0.717) is 11.3 Å². The first-order chi connectivity index (χ1) is 14.1. The van der Waals surface area contributed by atoms with Crippen molar-refractivity contribution in [1.29, 1.82) is 0 Å². The number of carbonyl (C=O) groups excluding carboxylic acids is 2. The van der Waals surface area contributed by atoms with Crippen LogP contribution in [0.2, 0.25) is 0 Å². The Morgan fingerprint density at radius 2 is 1.80 bits per heavy atom. The third-order valence-electron chi connectivity index (χ3n) is 3.83. The minimum Gasteiger partial charge on any atom is -0.462 e. The van der Waals surface area contributed by atoms with Gasteiger partial charge in [0.15, 0.2) is 5.11 Å². The molecule has 10 heteroatoms. The SMILES string of the molecule is CCOC(=O)c1ccccc1NC(=S)NC(NC(=O)c1cccc(C)c1)C(Cl)(Cl)Cl. The van der Waals surface area contributed by atoms with E-state index in [-0.39, 0.29) is 17.3 Å². The largest absolute Gasteiger partial charge is 0.462 e. The number of ether oxygens (including phenoxy) is 1. The van der Waals surface area contributed by atoms with Crippen LogP contribution in [0.3, 0.4) is 0 Å². The molecule has 2 rings (SSSR count). The van der Waals surface area contributed by atoms with Crippen LogP contribution in [0.5, 0.6) is 0 Å². The minimum absolute atomic E-state index is 0.0348. The molecule has 0 fully saturated rings. The van der Waals surface area contributed by atoms with Crippen molar-refractivity contribution in [2.75, 3.05) is 11.9 Å². The van der Waals surface area contributed by atoms with Crippen molar-refractivity contribution >= 4 is 69.7 Å². The molecule has 2 aromatic rings. The van der Waals surface area contributed by atoms with Gasteiger partial charge >= 0.3 is 5.97 Å². The Kier molecular flexibility index (Phi) is 8.73. The highest BCUT2D eigenvalue weighted by Crippen LogP contribution is 2.29. The number of anilines is 1. The lowest BCUT2D eigenvalue weighted by molar-refractivity contribution is 0.0527. The molecule has 0 aliphatic carbocycles. The molecule has 0 aromatic heterocycles. The number of hydrogen-bond acceptors (Lipinski definition) is 4. The van der Waals surface area contributed by atoms with E-state index in [2.05, 4.69) is 16.0 Å². The van der Waals surface area contributed by atoms with Gasteiger partial charge in [-0.25, -0.2) is 4.79 Å². The van der Waals surface area contributed by atoms with Crippen LogP contribution in [0.25, 0.3) is 0 Å². The van der Waals surface area contributed by atoms with E-state index in [1.165, 1.54) is 0 Å². The summed E-state index contributed by atoms with van der Waals surface area (Å²) >= 11 is 23.4. The fourth-order valence-electron chi connectivity index (χ4n) is 2.47. The molecular weight excluding hydrogens is 469 g/mol. The second-order valence-corrected chi connectivity index (χ2v) is 8.96. The number of halogens is 3. The van der Waals surface area contributed by atoms with Gasteiger partial charge in [-0.3, -0.25) is 4.79 Å². The van der Waals surface area contributed by atoms with Gasteiger partial charge in [-0.15, -0.1) is 0 Å². The highest BCUT2D eigenvalue weighted by molar-refractivity contribution is 7.80. The van der Waals surface area contributed by atoms with Crippen LogP contribution in [-0.4, -0.2) is 33.6 Å². The van der Waals surface area contributed by atoms with Crippen molar-refractivity contribution in [3.05, 3.63) is 65.2 Å². The highest BCUT2D eigenvalue weighted by Gasteiger charge is 2.35. The molecule has 0 aliphatic heterocycles. The maximum Gasteiger partial charge on any atom is 0.340 e. The number of amides is 1. The van der Waals surface area contributed by atoms with E-state index in [0.717, 1.165) is 5.56 Å². The first-order valence-electron chi connectivity index (χ1n) is 8.89. The molecular formula is C20H20Cl3N3O3S. The molecule has 1 atom stereocenters. The number of nitrogens with one attached hydrogen (secondary N) is 3. The lowest BCUT2D eigenvalue weighted by atomic mass is 10.1. The number of para-hydroxylation sites is 1. The van der Waals surface area contributed by atoms with Crippen LogP contribution in [0.15, 0.2) is 48.5 Å². The third kappa shape index (κ3) is 7.02. The van der Waals surface area contributed by atoms with Crippen molar-refractivity contribution in [2.24, 2.45) is 0 Å². The van der Waals surface area contributed by atoms with E-state index in [4.69, 9.17) is 51.8 Å². The zero-order valence-corrected chi connectivity index (χ0v) is 19.3. The number of rotatable bonds is 6. The van der Waals surface area contributed by atoms with Gasteiger partial charge in [0, 0.05) is 5.56 Å². The first kappa shape index (κ1) is 24.2. The van der Waals surface area contributed by atoms with Crippen LogP contribution in [0.4, 0.5) is 5.69 Å².